The third kappa shape index (κ3) is 2.63. The largest absolute Gasteiger partial charge is 0.475 e. The van der Waals surface area contributed by atoms with E-state index in [1.165, 1.54) is 13.0 Å². The molecule has 0 bridgehead atoms. The first-order valence-electron chi connectivity index (χ1n) is 6.28. The summed E-state index contributed by atoms with van der Waals surface area (Å²) in [6.45, 7) is 6.75. The molecule has 0 aliphatic carbocycles. The highest BCUT2D eigenvalue weighted by Gasteiger charge is 2.28. The fourth-order valence-electron chi connectivity index (χ4n) is 1.88. The summed E-state index contributed by atoms with van der Waals surface area (Å²) in [4.78, 5) is 14.9. The summed E-state index contributed by atoms with van der Waals surface area (Å²) in [5.74, 6) is -3.30. The van der Waals surface area contributed by atoms with E-state index in [9.17, 15) is 13.6 Å². The van der Waals surface area contributed by atoms with E-state index >= 15 is 0 Å². The van der Waals surface area contributed by atoms with Crippen LogP contribution in [0.5, 0.6) is 0 Å². The molecule has 0 aliphatic rings. The number of rotatable bonds is 2. The molecule has 112 valence electrons. The fraction of sp³-hybridized carbons (Fsp3) is 0.357. The van der Waals surface area contributed by atoms with Gasteiger partial charge in [0, 0.05) is 5.41 Å². The standard InChI is InChI=1S/C14H15F2N3O2/c1-7-5-6-8(15)10(9(7)16)19-13(14(2,3)4)17-11(18-19)12(20)21/h5-6H,1-4H3,(H,20,21). The van der Waals surface area contributed by atoms with E-state index in [0.29, 0.717) is 0 Å². The number of carboxylic acids is 1. The monoisotopic (exact) mass is 295 g/mol. The summed E-state index contributed by atoms with van der Waals surface area (Å²) in [5, 5.41) is 12.7. The number of halogens is 2. The summed E-state index contributed by atoms with van der Waals surface area (Å²) in [5.41, 5.74) is -0.817. The zero-order valence-corrected chi connectivity index (χ0v) is 12.1. The first-order chi connectivity index (χ1) is 9.62. The van der Waals surface area contributed by atoms with Crippen molar-refractivity contribution in [1.82, 2.24) is 14.8 Å². The van der Waals surface area contributed by atoms with Crippen LogP contribution in [-0.2, 0) is 5.41 Å². The SMILES string of the molecule is Cc1ccc(F)c(-n2nc(C(=O)O)nc2C(C)(C)C)c1F. The van der Waals surface area contributed by atoms with Crippen LogP contribution < -0.4 is 0 Å². The normalized spacial score (nSPS) is 11.7. The Morgan fingerprint density at radius 3 is 2.43 bits per heavy atom. The Morgan fingerprint density at radius 2 is 1.90 bits per heavy atom. The van der Waals surface area contributed by atoms with Crippen LogP contribution in [0.2, 0.25) is 0 Å². The van der Waals surface area contributed by atoms with Crippen molar-refractivity contribution >= 4 is 5.97 Å². The van der Waals surface area contributed by atoms with E-state index in [0.717, 1.165) is 10.7 Å². The smallest absolute Gasteiger partial charge is 0.375 e. The van der Waals surface area contributed by atoms with Crippen molar-refractivity contribution in [3.8, 4) is 5.69 Å². The van der Waals surface area contributed by atoms with Crippen LogP contribution in [-0.4, -0.2) is 25.8 Å². The van der Waals surface area contributed by atoms with Gasteiger partial charge in [0.05, 0.1) is 0 Å². The molecule has 0 saturated heterocycles. The number of hydrogen-bond donors (Lipinski definition) is 1. The quantitative estimate of drug-likeness (QED) is 0.925. The van der Waals surface area contributed by atoms with Crippen molar-refractivity contribution in [3.05, 3.63) is 41.0 Å². The molecule has 1 heterocycles. The first kappa shape index (κ1) is 15.1. The van der Waals surface area contributed by atoms with E-state index in [2.05, 4.69) is 10.1 Å². The van der Waals surface area contributed by atoms with Gasteiger partial charge in [0.25, 0.3) is 5.82 Å². The average Bonchev–Trinajstić information content (AvgIpc) is 2.79. The van der Waals surface area contributed by atoms with Crippen molar-refractivity contribution in [3.63, 3.8) is 0 Å². The van der Waals surface area contributed by atoms with Gasteiger partial charge in [0.1, 0.15) is 11.5 Å². The van der Waals surface area contributed by atoms with Crippen molar-refractivity contribution in [2.75, 3.05) is 0 Å². The molecule has 0 saturated carbocycles. The lowest BCUT2D eigenvalue weighted by atomic mass is 9.95. The number of hydrogen-bond acceptors (Lipinski definition) is 3. The average molecular weight is 295 g/mol. The minimum Gasteiger partial charge on any atom is -0.475 e. The summed E-state index contributed by atoms with van der Waals surface area (Å²) in [6, 6.07) is 2.42. The maximum atomic E-state index is 14.3. The van der Waals surface area contributed by atoms with Crippen LogP contribution in [0, 0.1) is 18.6 Å². The third-order valence-corrected chi connectivity index (χ3v) is 2.94. The van der Waals surface area contributed by atoms with Gasteiger partial charge in [-0.3, -0.25) is 0 Å². The molecule has 1 aromatic carbocycles. The van der Waals surface area contributed by atoms with Crippen LogP contribution in [0.25, 0.3) is 5.69 Å². The second-order valence-corrected chi connectivity index (χ2v) is 5.75. The number of carbonyl (C=O) groups is 1. The molecule has 0 aliphatic heterocycles. The molecule has 2 aromatic rings. The van der Waals surface area contributed by atoms with Gasteiger partial charge >= 0.3 is 5.97 Å². The van der Waals surface area contributed by atoms with Crippen molar-refractivity contribution in [2.45, 2.75) is 33.1 Å². The number of benzene rings is 1. The number of nitrogens with zero attached hydrogens (tertiary/aromatic N) is 3. The third-order valence-electron chi connectivity index (χ3n) is 2.94. The summed E-state index contributed by atoms with van der Waals surface area (Å²) in [7, 11) is 0. The van der Waals surface area contributed by atoms with Crippen LogP contribution in [0.3, 0.4) is 0 Å². The molecule has 0 spiro atoms. The van der Waals surface area contributed by atoms with E-state index < -0.39 is 34.5 Å². The summed E-state index contributed by atoms with van der Waals surface area (Å²) < 4.78 is 29.2. The molecular weight excluding hydrogens is 280 g/mol. The van der Waals surface area contributed by atoms with Crippen molar-refractivity contribution in [2.24, 2.45) is 0 Å². The van der Waals surface area contributed by atoms with Gasteiger partial charge in [-0.15, -0.1) is 5.10 Å². The Morgan fingerprint density at radius 1 is 1.29 bits per heavy atom. The van der Waals surface area contributed by atoms with Gasteiger partial charge in [0.2, 0.25) is 0 Å². The van der Waals surface area contributed by atoms with Gasteiger partial charge in [-0.1, -0.05) is 26.8 Å². The second-order valence-electron chi connectivity index (χ2n) is 5.75. The molecule has 21 heavy (non-hydrogen) atoms. The van der Waals surface area contributed by atoms with Crippen LogP contribution in [0.4, 0.5) is 8.78 Å². The molecule has 0 fully saturated rings. The maximum Gasteiger partial charge on any atom is 0.375 e. The summed E-state index contributed by atoms with van der Waals surface area (Å²) >= 11 is 0. The van der Waals surface area contributed by atoms with Gasteiger partial charge in [-0.05, 0) is 18.6 Å². The highest BCUT2D eigenvalue weighted by Crippen LogP contribution is 2.27. The predicted molar refractivity (Wildman–Crippen MR) is 71.7 cm³/mol. The summed E-state index contributed by atoms with van der Waals surface area (Å²) in [6.07, 6.45) is 0. The van der Waals surface area contributed by atoms with Crippen LogP contribution >= 0.6 is 0 Å². The number of carboxylic acid groups (broad SMARTS) is 1. The van der Waals surface area contributed by atoms with E-state index in [1.807, 2.05) is 0 Å². The Hall–Kier alpha value is -2.31. The molecule has 0 atom stereocenters. The second kappa shape index (κ2) is 4.91. The molecule has 0 unspecified atom stereocenters. The number of aromatic nitrogens is 3. The highest BCUT2D eigenvalue weighted by atomic mass is 19.1. The molecule has 1 aromatic heterocycles. The zero-order chi connectivity index (χ0) is 15.9. The minimum absolute atomic E-state index is 0.170. The Balaban J connectivity index is 2.81. The molecule has 0 radical (unpaired) electrons. The number of aryl methyl sites for hydroxylation is 1. The Kier molecular flexibility index (Phi) is 3.52. The fourth-order valence-corrected chi connectivity index (χ4v) is 1.88. The van der Waals surface area contributed by atoms with Gasteiger partial charge in [-0.25, -0.2) is 23.2 Å². The maximum absolute atomic E-state index is 14.3. The lowest BCUT2D eigenvalue weighted by Crippen LogP contribution is -2.20. The van der Waals surface area contributed by atoms with Crippen molar-refractivity contribution in [1.29, 1.82) is 0 Å². The zero-order valence-electron chi connectivity index (χ0n) is 12.1. The Bertz CT molecular complexity index is 718. The molecule has 7 heteroatoms. The molecule has 2 rings (SSSR count). The number of aromatic carboxylic acids is 1. The lowest BCUT2D eigenvalue weighted by molar-refractivity contribution is 0.0683. The topological polar surface area (TPSA) is 68.0 Å². The van der Waals surface area contributed by atoms with Crippen molar-refractivity contribution < 1.29 is 18.7 Å². The van der Waals surface area contributed by atoms with Gasteiger partial charge in [0.15, 0.2) is 11.6 Å². The molecule has 0 amide bonds. The van der Waals surface area contributed by atoms with Crippen LogP contribution in [0.1, 0.15) is 42.8 Å². The first-order valence-corrected chi connectivity index (χ1v) is 6.28. The lowest BCUT2D eigenvalue weighted by Gasteiger charge is -2.19. The van der Waals surface area contributed by atoms with Gasteiger partial charge < -0.3 is 5.11 Å². The van der Waals surface area contributed by atoms with E-state index in [4.69, 9.17) is 5.11 Å². The minimum atomic E-state index is -1.35. The molecule has 1 N–H and O–H groups in total. The van der Waals surface area contributed by atoms with E-state index in [1.54, 1.807) is 20.8 Å². The highest BCUT2D eigenvalue weighted by molar-refractivity contribution is 5.83. The van der Waals surface area contributed by atoms with E-state index in [-0.39, 0.29) is 11.4 Å². The predicted octanol–water partition coefficient (Wildman–Crippen LogP) is 2.85. The van der Waals surface area contributed by atoms with Crippen LogP contribution in [0.15, 0.2) is 12.1 Å². The molecule has 5 nitrogen and oxygen atoms in total. The molecular formula is C14H15F2N3O2. The van der Waals surface area contributed by atoms with Gasteiger partial charge in [-0.2, -0.15) is 0 Å². The Labute approximate surface area is 120 Å².